The van der Waals surface area contributed by atoms with E-state index in [4.69, 9.17) is 14.6 Å². The molecule has 0 radical (unpaired) electrons. The fraction of sp³-hybridized carbons (Fsp3) is 0.800. The van der Waals surface area contributed by atoms with Crippen LogP contribution in [-0.2, 0) is 19.0 Å². The van der Waals surface area contributed by atoms with Gasteiger partial charge in [-0.3, -0.25) is 0 Å². The predicted octanol–water partition coefficient (Wildman–Crippen LogP) is -0.952. The van der Waals surface area contributed by atoms with E-state index in [-0.39, 0.29) is 13.2 Å². The van der Waals surface area contributed by atoms with E-state index < -0.39 is 18.0 Å². The third-order valence-corrected chi connectivity index (χ3v) is 1.90. The lowest BCUT2D eigenvalue weighted by molar-refractivity contribution is -0.140. The Kier molecular flexibility index (Phi) is 9.93. The summed E-state index contributed by atoms with van der Waals surface area (Å²) < 4.78 is 14.6. The van der Waals surface area contributed by atoms with E-state index in [2.05, 4.69) is 15.4 Å². The molecule has 0 aliphatic heterocycles. The Morgan fingerprint density at radius 2 is 1.89 bits per heavy atom. The van der Waals surface area contributed by atoms with Crippen LogP contribution in [0.4, 0.5) is 4.79 Å². The van der Waals surface area contributed by atoms with Crippen molar-refractivity contribution in [2.45, 2.75) is 6.04 Å². The third kappa shape index (κ3) is 8.74. The van der Waals surface area contributed by atoms with Gasteiger partial charge in [-0.05, 0) is 0 Å². The van der Waals surface area contributed by atoms with Crippen LogP contribution in [0.2, 0.25) is 0 Å². The summed E-state index contributed by atoms with van der Waals surface area (Å²) in [6.07, 6.45) is 0. The number of aliphatic carboxylic acids is 1. The summed E-state index contributed by atoms with van der Waals surface area (Å²) in [4.78, 5) is 22.0. The van der Waals surface area contributed by atoms with Gasteiger partial charge in [0.2, 0.25) is 0 Å². The van der Waals surface area contributed by atoms with Crippen molar-refractivity contribution in [3.8, 4) is 0 Å². The van der Waals surface area contributed by atoms with Gasteiger partial charge < -0.3 is 30.0 Å². The maximum absolute atomic E-state index is 11.3. The lowest BCUT2D eigenvalue weighted by atomic mass is 10.3. The monoisotopic (exact) mass is 264 g/mol. The largest absolute Gasteiger partial charge is 0.480 e. The first kappa shape index (κ1) is 16.6. The Morgan fingerprint density at radius 3 is 2.44 bits per heavy atom. The highest BCUT2D eigenvalue weighted by molar-refractivity contribution is 5.82. The minimum absolute atomic E-state index is 0.0902. The van der Waals surface area contributed by atoms with Gasteiger partial charge in [-0.2, -0.15) is 0 Å². The summed E-state index contributed by atoms with van der Waals surface area (Å²) in [5, 5.41) is 13.5. The average Bonchev–Trinajstić information content (AvgIpc) is 2.33. The smallest absolute Gasteiger partial charge is 0.328 e. The molecule has 106 valence electrons. The van der Waals surface area contributed by atoms with Crippen LogP contribution < -0.4 is 10.6 Å². The van der Waals surface area contributed by atoms with Crippen LogP contribution in [0.5, 0.6) is 0 Å². The lowest BCUT2D eigenvalue weighted by Gasteiger charge is -2.14. The standard InChI is InChI=1S/C10H20N2O6/c1-16-5-6-18-4-3-11-10(15)12-8(7-17-2)9(13)14/h8H,3-7H2,1-2H3,(H,13,14)(H2,11,12,15). The number of amides is 2. The van der Waals surface area contributed by atoms with E-state index >= 15 is 0 Å². The van der Waals surface area contributed by atoms with Gasteiger partial charge in [0.05, 0.1) is 26.4 Å². The summed E-state index contributed by atoms with van der Waals surface area (Å²) in [5.41, 5.74) is 0. The molecule has 0 aliphatic carbocycles. The number of carboxylic acids is 1. The van der Waals surface area contributed by atoms with Crippen LogP contribution in [0.1, 0.15) is 0 Å². The van der Waals surface area contributed by atoms with Crippen LogP contribution in [-0.4, -0.2) is 70.3 Å². The van der Waals surface area contributed by atoms with E-state index in [1.54, 1.807) is 7.11 Å². The molecule has 8 heteroatoms. The van der Waals surface area contributed by atoms with E-state index in [1.807, 2.05) is 0 Å². The zero-order chi connectivity index (χ0) is 13.8. The van der Waals surface area contributed by atoms with Crippen molar-refractivity contribution in [3.63, 3.8) is 0 Å². The van der Waals surface area contributed by atoms with Crippen LogP contribution in [0.25, 0.3) is 0 Å². The summed E-state index contributed by atoms with van der Waals surface area (Å²) in [5.74, 6) is -1.15. The molecule has 0 aromatic heterocycles. The van der Waals surface area contributed by atoms with Crippen molar-refractivity contribution in [1.82, 2.24) is 10.6 Å². The predicted molar refractivity (Wildman–Crippen MR) is 62.5 cm³/mol. The lowest BCUT2D eigenvalue weighted by Crippen LogP contribution is -2.48. The Hall–Kier alpha value is -1.38. The molecular weight excluding hydrogens is 244 g/mol. The zero-order valence-electron chi connectivity index (χ0n) is 10.6. The first-order chi connectivity index (χ1) is 8.61. The van der Waals surface area contributed by atoms with Gasteiger partial charge >= 0.3 is 12.0 Å². The van der Waals surface area contributed by atoms with E-state index in [9.17, 15) is 9.59 Å². The number of urea groups is 1. The van der Waals surface area contributed by atoms with Crippen molar-refractivity contribution >= 4 is 12.0 Å². The number of carbonyl (C=O) groups excluding carboxylic acids is 1. The number of nitrogens with one attached hydrogen (secondary N) is 2. The van der Waals surface area contributed by atoms with Crippen molar-refractivity contribution in [2.24, 2.45) is 0 Å². The van der Waals surface area contributed by atoms with Gasteiger partial charge in [0.25, 0.3) is 0 Å². The summed E-state index contributed by atoms with van der Waals surface area (Å²) in [6, 6.07) is -1.64. The highest BCUT2D eigenvalue weighted by atomic mass is 16.5. The number of ether oxygens (including phenoxy) is 3. The molecule has 1 unspecified atom stereocenters. The zero-order valence-corrected chi connectivity index (χ0v) is 10.6. The molecule has 0 fully saturated rings. The number of hydrogen-bond acceptors (Lipinski definition) is 5. The molecule has 3 N–H and O–H groups in total. The van der Waals surface area contributed by atoms with Gasteiger partial charge in [0, 0.05) is 20.8 Å². The summed E-state index contributed by atoms with van der Waals surface area (Å²) >= 11 is 0. The van der Waals surface area contributed by atoms with Crippen LogP contribution in [0.15, 0.2) is 0 Å². The second-order valence-corrected chi connectivity index (χ2v) is 3.35. The van der Waals surface area contributed by atoms with E-state index in [0.717, 1.165) is 0 Å². The highest BCUT2D eigenvalue weighted by Crippen LogP contribution is 1.85. The minimum atomic E-state index is -1.15. The molecule has 0 heterocycles. The van der Waals surface area contributed by atoms with Crippen molar-refractivity contribution in [1.29, 1.82) is 0 Å². The molecule has 0 spiro atoms. The van der Waals surface area contributed by atoms with E-state index in [0.29, 0.717) is 19.8 Å². The summed E-state index contributed by atoms with van der Waals surface area (Å²) in [7, 11) is 2.93. The second kappa shape index (κ2) is 10.8. The molecule has 18 heavy (non-hydrogen) atoms. The normalized spacial score (nSPS) is 11.9. The maximum atomic E-state index is 11.3. The van der Waals surface area contributed by atoms with Gasteiger partial charge in [0.1, 0.15) is 0 Å². The van der Waals surface area contributed by atoms with Crippen molar-refractivity contribution < 1.29 is 28.9 Å². The number of hydrogen-bond donors (Lipinski definition) is 3. The van der Waals surface area contributed by atoms with Gasteiger partial charge in [-0.25, -0.2) is 9.59 Å². The fourth-order valence-corrected chi connectivity index (χ4v) is 1.03. The number of rotatable bonds is 10. The Bertz CT molecular complexity index is 249. The third-order valence-electron chi connectivity index (χ3n) is 1.90. The molecule has 2 amide bonds. The Morgan fingerprint density at radius 1 is 1.17 bits per heavy atom. The Balaban J connectivity index is 3.65. The van der Waals surface area contributed by atoms with Crippen LogP contribution >= 0.6 is 0 Å². The topological polar surface area (TPSA) is 106 Å². The molecule has 0 aromatic carbocycles. The number of methoxy groups -OCH3 is 2. The SMILES string of the molecule is COCCOCCNC(=O)NC(COC)C(=O)O. The quantitative estimate of drug-likeness (QED) is 0.439. The van der Waals surface area contributed by atoms with Crippen LogP contribution in [0, 0.1) is 0 Å². The minimum Gasteiger partial charge on any atom is -0.480 e. The van der Waals surface area contributed by atoms with Crippen molar-refractivity contribution in [3.05, 3.63) is 0 Å². The van der Waals surface area contributed by atoms with Gasteiger partial charge in [-0.15, -0.1) is 0 Å². The Labute approximate surface area is 106 Å². The molecule has 0 saturated heterocycles. The molecule has 0 aromatic rings. The fourth-order valence-electron chi connectivity index (χ4n) is 1.03. The molecule has 0 rings (SSSR count). The highest BCUT2D eigenvalue weighted by Gasteiger charge is 2.19. The first-order valence-electron chi connectivity index (χ1n) is 5.44. The molecular formula is C10H20N2O6. The number of carbonyl (C=O) groups is 2. The van der Waals surface area contributed by atoms with Crippen LogP contribution in [0.3, 0.4) is 0 Å². The first-order valence-corrected chi connectivity index (χ1v) is 5.44. The summed E-state index contributed by atoms with van der Waals surface area (Å²) in [6.45, 7) is 1.46. The van der Waals surface area contributed by atoms with Crippen molar-refractivity contribution in [2.75, 3.05) is 47.2 Å². The molecule has 1 atom stereocenters. The van der Waals surface area contributed by atoms with Gasteiger partial charge in [0.15, 0.2) is 6.04 Å². The average molecular weight is 264 g/mol. The maximum Gasteiger partial charge on any atom is 0.328 e. The molecule has 0 saturated carbocycles. The van der Waals surface area contributed by atoms with E-state index in [1.165, 1.54) is 7.11 Å². The molecule has 0 bridgehead atoms. The number of carboxylic acid groups (broad SMARTS) is 1. The van der Waals surface area contributed by atoms with Gasteiger partial charge in [-0.1, -0.05) is 0 Å². The second-order valence-electron chi connectivity index (χ2n) is 3.35. The molecule has 0 aliphatic rings. The molecule has 8 nitrogen and oxygen atoms in total.